The van der Waals surface area contributed by atoms with Gasteiger partial charge in [-0.25, -0.2) is 0 Å². The summed E-state index contributed by atoms with van der Waals surface area (Å²) in [7, 11) is 1.60. The zero-order chi connectivity index (χ0) is 17.6. The summed E-state index contributed by atoms with van der Waals surface area (Å²) >= 11 is 0. The first-order chi connectivity index (χ1) is 11.4. The summed E-state index contributed by atoms with van der Waals surface area (Å²) in [5, 5.41) is 2.92. The van der Waals surface area contributed by atoms with E-state index < -0.39 is 5.41 Å². The SMILES string of the molecule is COc1cc(CNC(=O)C(C)(C)C)ccc1OCc1cccnc1. The van der Waals surface area contributed by atoms with Crippen molar-refractivity contribution in [2.45, 2.75) is 33.9 Å². The van der Waals surface area contributed by atoms with Crippen LogP contribution in [0.15, 0.2) is 42.7 Å². The van der Waals surface area contributed by atoms with Gasteiger partial charge in [0.2, 0.25) is 5.91 Å². The summed E-state index contributed by atoms with van der Waals surface area (Å²) in [5.41, 5.74) is 1.54. The van der Waals surface area contributed by atoms with E-state index in [1.807, 2.05) is 51.1 Å². The highest BCUT2D eigenvalue weighted by Crippen LogP contribution is 2.29. The molecule has 0 spiro atoms. The minimum absolute atomic E-state index is 0.0124. The number of benzene rings is 1. The number of nitrogens with one attached hydrogen (secondary N) is 1. The zero-order valence-electron chi connectivity index (χ0n) is 14.6. The lowest BCUT2D eigenvalue weighted by molar-refractivity contribution is -0.128. The molecule has 0 aliphatic heterocycles. The Morgan fingerprint density at radius 3 is 2.58 bits per heavy atom. The summed E-state index contributed by atoms with van der Waals surface area (Å²) < 4.78 is 11.2. The first kappa shape index (κ1) is 17.8. The van der Waals surface area contributed by atoms with Crippen molar-refractivity contribution in [2.75, 3.05) is 7.11 Å². The Bertz CT molecular complexity index is 679. The number of rotatable bonds is 6. The molecule has 0 aliphatic rings. The molecule has 1 N–H and O–H groups in total. The quantitative estimate of drug-likeness (QED) is 0.883. The molecule has 0 saturated carbocycles. The first-order valence-corrected chi connectivity index (χ1v) is 7.87. The van der Waals surface area contributed by atoms with Gasteiger partial charge in [-0.15, -0.1) is 0 Å². The molecular weight excluding hydrogens is 304 g/mol. The van der Waals surface area contributed by atoms with Gasteiger partial charge >= 0.3 is 0 Å². The molecule has 0 saturated heterocycles. The number of methoxy groups -OCH3 is 1. The van der Waals surface area contributed by atoms with Gasteiger partial charge in [0.05, 0.1) is 7.11 Å². The van der Waals surface area contributed by atoms with Gasteiger partial charge in [0.25, 0.3) is 0 Å². The van der Waals surface area contributed by atoms with E-state index in [-0.39, 0.29) is 5.91 Å². The molecule has 0 radical (unpaired) electrons. The van der Waals surface area contributed by atoms with E-state index in [0.717, 1.165) is 11.1 Å². The lowest BCUT2D eigenvalue weighted by atomic mass is 9.95. The lowest BCUT2D eigenvalue weighted by Crippen LogP contribution is -2.34. The summed E-state index contributed by atoms with van der Waals surface area (Å²) in [4.78, 5) is 16.0. The number of hydrogen-bond donors (Lipinski definition) is 1. The van der Waals surface area contributed by atoms with E-state index in [1.165, 1.54) is 0 Å². The molecule has 1 aromatic carbocycles. The molecule has 5 heteroatoms. The van der Waals surface area contributed by atoms with Crippen LogP contribution in [0.2, 0.25) is 0 Å². The van der Waals surface area contributed by atoms with Crippen molar-refractivity contribution in [3.8, 4) is 11.5 Å². The Kier molecular flexibility index (Phi) is 5.79. The summed E-state index contributed by atoms with van der Waals surface area (Å²) in [6.45, 7) is 6.54. The Balaban J connectivity index is 2.00. The predicted molar refractivity (Wildman–Crippen MR) is 92.9 cm³/mol. The molecule has 0 bridgehead atoms. The van der Waals surface area contributed by atoms with Crippen molar-refractivity contribution in [1.82, 2.24) is 10.3 Å². The summed E-state index contributed by atoms with van der Waals surface area (Å²) in [5.74, 6) is 1.31. The molecule has 1 amide bonds. The minimum atomic E-state index is -0.406. The van der Waals surface area contributed by atoms with Crippen LogP contribution in [0.3, 0.4) is 0 Å². The highest BCUT2D eigenvalue weighted by Gasteiger charge is 2.20. The van der Waals surface area contributed by atoms with Crippen LogP contribution in [-0.2, 0) is 17.9 Å². The van der Waals surface area contributed by atoms with Crippen LogP contribution in [0.4, 0.5) is 0 Å². The van der Waals surface area contributed by atoms with Crippen LogP contribution < -0.4 is 14.8 Å². The third-order valence-electron chi connectivity index (χ3n) is 3.48. The largest absolute Gasteiger partial charge is 0.493 e. The summed E-state index contributed by atoms with van der Waals surface area (Å²) in [6.07, 6.45) is 3.49. The second-order valence-electron chi connectivity index (χ2n) is 6.57. The van der Waals surface area contributed by atoms with Crippen molar-refractivity contribution in [3.05, 3.63) is 53.9 Å². The van der Waals surface area contributed by atoms with E-state index in [0.29, 0.717) is 24.7 Å². The van der Waals surface area contributed by atoms with Crippen LogP contribution in [0.5, 0.6) is 11.5 Å². The number of aromatic nitrogens is 1. The normalized spacial score (nSPS) is 11.0. The fraction of sp³-hybridized carbons (Fsp3) is 0.368. The van der Waals surface area contributed by atoms with Gasteiger partial charge in [-0.3, -0.25) is 9.78 Å². The maximum Gasteiger partial charge on any atom is 0.225 e. The van der Waals surface area contributed by atoms with Crippen LogP contribution in [0.1, 0.15) is 31.9 Å². The van der Waals surface area contributed by atoms with E-state index in [4.69, 9.17) is 9.47 Å². The van der Waals surface area contributed by atoms with Crippen LogP contribution in [0.25, 0.3) is 0 Å². The minimum Gasteiger partial charge on any atom is -0.493 e. The molecule has 1 heterocycles. The van der Waals surface area contributed by atoms with Crippen molar-refractivity contribution in [3.63, 3.8) is 0 Å². The third kappa shape index (κ3) is 4.98. The van der Waals surface area contributed by atoms with Crippen molar-refractivity contribution in [2.24, 2.45) is 5.41 Å². The maximum absolute atomic E-state index is 11.9. The average molecular weight is 328 g/mol. The van der Waals surface area contributed by atoms with Gasteiger partial charge in [-0.05, 0) is 23.8 Å². The van der Waals surface area contributed by atoms with E-state index in [2.05, 4.69) is 10.3 Å². The van der Waals surface area contributed by atoms with E-state index in [9.17, 15) is 4.79 Å². The number of carbonyl (C=O) groups excluding carboxylic acids is 1. The number of amides is 1. The standard InChI is InChI=1S/C19H24N2O3/c1-19(2,3)18(22)21-12-14-7-8-16(17(10-14)23-4)24-13-15-6-5-9-20-11-15/h5-11H,12-13H2,1-4H3,(H,21,22). The highest BCUT2D eigenvalue weighted by molar-refractivity contribution is 5.81. The number of ether oxygens (including phenoxy) is 2. The van der Waals surface area contributed by atoms with Crippen molar-refractivity contribution < 1.29 is 14.3 Å². The van der Waals surface area contributed by atoms with Crippen LogP contribution >= 0.6 is 0 Å². The Labute approximate surface area is 143 Å². The fourth-order valence-corrected chi connectivity index (χ4v) is 2.03. The molecule has 2 aromatic rings. The second kappa shape index (κ2) is 7.81. The molecule has 5 nitrogen and oxygen atoms in total. The number of hydrogen-bond acceptors (Lipinski definition) is 4. The third-order valence-corrected chi connectivity index (χ3v) is 3.48. The Morgan fingerprint density at radius 2 is 1.96 bits per heavy atom. The first-order valence-electron chi connectivity index (χ1n) is 7.87. The number of carbonyl (C=O) groups is 1. The van der Waals surface area contributed by atoms with Crippen LogP contribution in [0, 0.1) is 5.41 Å². The molecule has 0 unspecified atom stereocenters. The molecule has 2 rings (SSSR count). The van der Waals surface area contributed by atoms with Gasteiger partial charge in [0, 0.05) is 29.9 Å². The van der Waals surface area contributed by atoms with Gasteiger partial charge in [0.15, 0.2) is 11.5 Å². The zero-order valence-corrected chi connectivity index (χ0v) is 14.6. The predicted octanol–water partition coefficient (Wildman–Crippen LogP) is 3.33. The Morgan fingerprint density at radius 1 is 1.17 bits per heavy atom. The van der Waals surface area contributed by atoms with E-state index in [1.54, 1.807) is 19.5 Å². The van der Waals surface area contributed by atoms with Crippen LogP contribution in [-0.4, -0.2) is 18.0 Å². The topological polar surface area (TPSA) is 60.5 Å². The molecule has 0 aliphatic carbocycles. The second-order valence-corrected chi connectivity index (χ2v) is 6.57. The van der Waals surface area contributed by atoms with Crippen molar-refractivity contribution >= 4 is 5.91 Å². The molecule has 0 fully saturated rings. The van der Waals surface area contributed by atoms with Gasteiger partial charge in [-0.2, -0.15) is 0 Å². The number of pyridine rings is 1. The highest BCUT2D eigenvalue weighted by atomic mass is 16.5. The van der Waals surface area contributed by atoms with Gasteiger partial charge < -0.3 is 14.8 Å². The lowest BCUT2D eigenvalue weighted by Gasteiger charge is -2.18. The molecule has 24 heavy (non-hydrogen) atoms. The Hall–Kier alpha value is -2.56. The molecule has 1 aromatic heterocycles. The van der Waals surface area contributed by atoms with Crippen molar-refractivity contribution in [1.29, 1.82) is 0 Å². The molecule has 128 valence electrons. The maximum atomic E-state index is 11.9. The smallest absolute Gasteiger partial charge is 0.225 e. The number of nitrogens with zero attached hydrogens (tertiary/aromatic N) is 1. The average Bonchev–Trinajstić information content (AvgIpc) is 2.58. The van der Waals surface area contributed by atoms with Gasteiger partial charge in [-0.1, -0.05) is 32.9 Å². The molecular formula is C19H24N2O3. The fourth-order valence-electron chi connectivity index (χ4n) is 2.03. The molecule has 0 atom stereocenters. The monoisotopic (exact) mass is 328 g/mol. The van der Waals surface area contributed by atoms with E-state index >= 15 is 0 Å². The van der Waals surface area contributed by atoms with Gasteiger partial charge in [0.1, 0.15) is 6.61 Å². The summed E-state index contributed by atoms with van der Waals surface area (Å²) in [6, 6.07) is 9.48.